The van der Waals surface area contributed by atoms with Crippen LogP contribution in [0.15, 0.2) is 42.6 Å². The normalized spacial score (nSPS) is 19.3. The Hall–Kier alpha value is -1.81. The van der Waals surface area contributed by atoms with E-state index in [1.807, 2.05) is 28.9 Å². The fourth-order valence-electron chi connectivity index (χ4n) is 2.28. The van der Waals surface area contributed by atoms with E-state index < -0.39 is 0 Å². The summed E-state index contributed by atoms with van der Waals surface area (Å²) in [6.45, 7) is 1.36. The first-order valence-electron chi connectivity index (χ1n) is 6.75. The zero-order valence-electron chi connectivity index (χ0n) is 10.9. The number of rotatable bonds is 4. The van der Waals surface area contributed by atoms with Gasteiger partial charge >= 0.3 is 0 Å². The van der Waals surface area contributed by atoms with Crippen molar-refractivity contribution < 1.29 is 9.47 Å². The molecule has 100 valence electrons. The van der Waals surface area contributed by atoms with Gasteiger partial charge in [0.1, 0.15) is 6.61 Å². The van der Waals surface area contributed by atoms with Gasteiger partial charge in [-0.2, -0.15) is 5.10 Å². The molecule has 1 aliphatic rings. The number of hydrogen-bond acceptors (Lipinski definition) is 3. The molecular formula is C15H18N2O2. The molecule has 1 saturated heterocycles. The molecule has 0 spiro atoms. The molecule has 1 atom stereocenters. The summed E-state index contributed by atoms with van der Waals surface area (Å²) in [6.07, 6.45) is 5.11. The van der Waals surface area contributed by atoms with Gasteiger partial charge < -0.3 is 9.47 Å². The molecule has 1 aromatic heterocycles. The van der Waals surface area contributed by atoms with Crippen LogP contribution in [-0.2, 0) is 11.3 Å². The van der Waals surface area contributed by atoms with Crippen molar-refractivity contribution in [2.24, 2.45) is 0 Å². The second kappa shape index (κ2) is 5.89. The predicted octanol–water partition coefficient (Wildman–Crippen LogP) is 3.16. The molecule has 3 rings (SSSR count). The Bertz CT molecular complexity index is 504. The van der Waals surface area contributed by atoms with E-state index in [0.717, 1.165) is 30.9 Å². The maximum absolute atomic E-state index is 5.84. The highest BCUT2D eigenvalue weighted by atomic mass is 16.5. The molecule has 0 radical (unpaired) electrons. The summed E-state index contributed by atoms with van der Waals surface area (Å²) < 4.78 is 13.4. The summed E-state index contributed by atoms with van der Waals surface area (Å²) in [7, 11) is 0. The van der Waals surface area contributed by atoms with Crippen LogP contribution in [0.3, 0.4) is 0 Å². The molecule has 0 saturated carbocycles. The lowest BCUT2D eigenvalue weighted by Gasteiger charge is -2.24. The third-order valence-electron chi connectivity index (χ3n) is 3.29. The third-order valence-corrected chi connectivity index (χ3v) is 3.29. The number of hydrogen-bond donors (Lipinski definition) is 0. The standard InChI is InChI=1S/C15H18N2O2/c1-2-6-13(7-3-1)12-19-15-9-10-16-17(15)14-8-4-5-11-18-14/h1-3,6-7,9-10,14H,4-5,8,11-12H2. The molecule has 1 aromatic carbocycles. The van der Waals surface area contributed by atoms with E-state index in [2.05, 4.69) is 17.2 Å². The minimum Gasteiger partial charge on any atom is -0.473 e. The van der Waals surface area contributed by atoms with Gasteiger partial charge in [0, 0.05) is 12.7 Å². The smallest absolute Gasteiger partial charge is 0.214 e. The molecule has 19 heavy (non-hydrogen) atoms. The van der Waals surface area contributed by atoms with Crippen LogP contribution in [0.5, 0.6) is 5.88 Å². The molecule has 0 N–H and O–H groups in total. The summed E-state index contributed by atoms with van der Waals surface area (Å²) in [4.78, 5) is 0. The van der Waals surface area contributed by atoms with Crippen LogP contribution in [0.25, 0.3) is 0 Å². The van der Waals surface area contributed by atoms with Gasteiger partial charge in [0.15, 0.2) is 6.23 Å². The summed E-state index contributed by atoms with van der Waals surface area (Å²) in [5.41, 5.74) is 1.15. The fraction of sp³-hybridized carbons (Fsp3) is 0.400. The molecule has 0 amide bonds. The highest BCUT2D eigenvalue weighted by Gasteiger charge is 2.19. The van der Waals surface area contributed by atoms with Crippen LogP contribution in [0, 0.1) is 0 Å². The van der Waals surface area contributed by atoms with Gasteiger partial charge in [-0.15, -0.1) is 0 Å². The number of benzene rings is 1. The van der Waals surface area contributed by atoms with E-state index in [0.29, 0.717) is 6.61 Å². The molecule has 0 aliphatic carbocycles. The number of aromatic nitrogens is 2. The first-order chi connectivity index (χ1) is 9.43. The van der Waals surface area contributed by atoms with Crippen molar-refractivity contribution in [2.45, 2.75) is 32.1 Å². The first kappa shape index (κ1) is 12.2. The van der Waals surface area contributed by atoms with Gasteiger partial charge in [0.25, 0.3) is 0 Å². The van der Waals surface area contributed by atoms with Gasteiger partial charge in [-0.3, -0.25) is 0 Å². The van der Waals surface area contributed by atoms with Crippen molar-refractivity contribution in [3.8, 4) is 5.88 Å². The van der Waals surface area contributed by atoms with E-state index in [9.17, 15) is 0 Å². The van der Waals surface area contributed by atoms with E-state index in [-0.39, 0.29) is 6.23 Å². The Morgan fingerprint density at radius 3 is 2.89 bits per heavy atom. The van der Waals surface area contributed by atoms with E-state index in [1.54, 1.807) is 6.20 Å². The zero-order valence-corrected chi connectivity index (χ0v) is 10.9. The second-order valence-electron chi connectivity index (χ2n) is 4.71. The topological polar surface area (TPSA) is 36.3 Å². The average molecular weight is 258 g/mol. The Morgan fingerprint density at radius 2 is 2.11 bits per heavy atom. The van der Waals surface area contributed by atoms with Crippen molar-refractivity contribution in [3.05, 3.63) is 48.2 Å². The third kappa shape index (κ3) is 2.96. The molecule has 1 unspecified atom stereocenters. The van der Waals surface area contributed by atoms with Crippen molar-refractivity contribution in [1.29, 1.82) is 0 Å². The van der Waals surface area contributed by atoms with Gasteiger partial charge in [-0.1, -0.05) is 30.3 Å². The van der Waals surface area contributed by atoms with Gasteiger partial charge in [-0.05, 0) is 24.8 Å². The highest BCUT2D eigenvalue weighted by Crippen LogP contribution is 2.26. The lowest BCUT2D eigenvalue weighted by Crippen LogP contribution is -2.20. The molecule has 1 aliphatic heterocycles. The second-order valence-corrected chi connectivity index (χ2v) is 4.71. The summed E-state index contributed by atoms with van der Waals surface area (Å²) in [5.74, 6) is 0.774. The molecule has 4 heteroatoms. The van der Waals surface area contributed by atoms with Crippen LogP contribution in [0.2, 0.25) is 0 Å². The Labute approximate surface area is 113 Å². The minimum atomic E-state index is 0.0227. The minimum absolute atomic E-state index is 0.0227. The van der Waals surface area contributed by atoms with Crippen molar-refractivity contribution in [2.75, 3.05) is 6.61 Å². The van der Waals surface area contributed by atoms with Gasteiger partial charge in [0.05, 0.1) is 6.20 Å². The Morgan fingerprint density at radius 1 is 1.21 bits per heavy atom. The van der Waals surface area contributed by atoms with Gasteiger partial charge in [0.2, 0.25) is 5.88 Å². The maximum atomic E-state index is 5.84. The molecule has 0 bridgehead atoms. The molecule has 2 heterocycles. The molecule has 4 nitrogen and oxygen atoms in total. The highest BCUT2D eigenvalue weighted by molar-refractivity contribution is 5.15. The van der Waals surface area contributed by atoms with Gasteiger partial charge in [-0.25, -0.2) is 4.68 Å². The SMILES string of the molecule is c1ccc(COc2ccnn2C2CCCCO2)cc1. The van der Waals surface area contributed by atoms with Crippen molar-refractivity contribution in [1.82, 2.24) is 9.78 Å². The first-order valence-corrected chi connectivity index (χ1v) is 6.75. The lowest BCUT2D eigenvalue weighted by atomic mass is 10.2. The largest absolute Gasteiger partial charge is 0.473 e. The van der Waals surface area contributed by atoms with E-state index >= 15 is 0 Å². The fourth-order valence-corrected chi connectivity index (χ4v) is 2.28. The van der Waals surface area contributed by atoms with Crippen LogP contribution in [0.1, 0.15) is 31.1 Å². The number of nitrogens with zero attached hydrogens (tertiary/aromatic N) is 2. The average Bonchev–Trinajstić information content (AvgIpc) is 2.95. The van der Waals surface area contributed by atoms with Crippen LogP contribution >= 0.6 is 0 Å². The summed E-state index contributed by atoms with van der Waals surface area (Å²) in [6, 6.07) is 12.0. The van der Waals surface area contributed by atoms with Crippen LogP contribution in [-0.4, -0.2) is 16.4 Å². The van der Waals surface area contributed by atoms with Crippen molar-refractivity contribution >= 4 is 0 Å². The summed E-state index contributed by atoms with van der Waals surface area (Å²) >= 11 is 0. The van der Waals surface area contributed by atoms with E-state index in [4.69, 9.17) is 9.47 Å². The summed E-state index contributed by atoms with van der Waals surface area (Å²) in [5, 5.41) is 4.32. The monoisotopic (exact) mass is 258 g/mol. The lowest BCUT2D eigenvalue weighted by molar-refractivity contribution is -0.0442. The Kier molecular flexibility index (Phi) is 3.79. The van der Waals surface area contributed by atoms with Crippen LogP contribution < -0.4 is 4.74 Å². The van der Waals surface area contributed by atoms with Crippen LogP contribution in [0.4, 0.5) is 0 Å². The Balaban J connectivity index is 1.66. The zero-order chi connectivity index (χ0) is 12.9. The van der Waals surface area contributed by atoms with E-state index in [1.165, 1.54) is 6.42 Å². The number of ether oxygens (including phenoxy) is 2. The van der Waals surface area contributed by atoms with Crippen molar-refractivity contribution in [3.63, 3.8) is 0 Å². The molecular weight excluding hydrogens is 240 g/mol. The molecule has 2 aromatic rings. The maximum Gasteiger partial charge on any atom is 0.214 e. The molecule has 1 fully saturated rings. The quantitative estimate of drug-likeness (QED) is 0.845. The predicted molar refractivity (Wildman–Crippen MR) is 71.8 cm³/mol.